The Morgan fingerprint density at radius 2 is 2.16 bits per heavy atom. The number of carboxylic acid groups (broad SMARTS) is 1. The summed E-state index contributed by atoms with van der Waals surface area (Å²) in [5.74, 6) is -0.629. The van der Waals surface area contributed by atoms with Gasteiger partial charge in [0.15, 0.2) is 0 Å². The van der Waals surface area contributed by atoms with Crippen LogP contribution in [0.5, 0.6) is 0 Å². The summed E-state index contributed by atoms with van der Waals surface area (Å²) in [5.41, 5.74) is 0.233. The molecule has 0 saturated carbocycles. The second-order valence-electron chi connectivity index (χ2n) is 3.78. The van der Waals surface area contributed by atoms with Crippen molar-refractivity contribution >= 4 is 11.9 Å². The Bertz CT molecular complexity index is 563. The maximum Gasteiger partial charge on any atom is 0.337 e. The topological polar surface area (TPSA) is 108 Å². The number of imidazole rings is 1. The highest BCUT2D eigenvalue weighted by molar-refractivity contribution is 5.93. The van der Waals surface area contributed by atoms with Crippen molar-refractivity contribution < 1.29 is 14.7 Å². The van der Waals surface area contributed by atoms with Crippen LogP contribution in [0.15, 0.2) is 30.7 Å². The van der Waals surface area contributed by atoms with Crippen LogP contribution in [0.3, 0.4) is 0 Å². The lowest BCUT2D eigenvalue weighted by molar-refractivity contribution is 0.0695. The maximum absolute atomic E-state index is 11.7. The lowest BCUT2D eigenvalue weighted by Gasteiger charge is -2.03. The van der Waals surface area contributed by atoms with Crippen molar-refractivity contribution in [3.63, 3.8) is 0 Å². The average Bonchev–Trinajstić information content (AvgIpc) is 2.92. The Kier molecular flexibility index (Phi) is 3.87. The molecular formula is C12H12N4O3. The van der Waals surface area contributed by atoms with E-state index in [9.17, 15) is 9.59 Å². The van der Waals surface area contributed by atoms with Crippen LogP contribution in [-0.4, -0.2) is 38.5 Å². The zero-order valence-corrected chi connectivity index (χ0v) is 9.96. The fraction of sp³-hybridized carbons (Fsp3) is 0.167. The predicted molar refractivity (Wildman–Crippen MR) is 65.8 cm³/mol. The summed E-state index contributed by atoms with van der Waals surface area (Å²) in [6.45, 7) is 0.425. The number of H-pyrrole nitrogens is 1. The lowest BCUT2D eigenvalue weighted by atomic mass is 10.2. The molecule has 0 aliphatic carbocycles. The van der Waals surface area contributed by atoms with Crippen LogP contribution < -0.4 is 5.32 Å². The normalized spacial score (nSPS) is 10.1. The molecule has 2 aromatic heterocycles. The molecule has 0 aromatic carbocycles. The molecule has 0 aliphatic heterocycles. The van der Waals surface area contributed by atoms with Crippen molar-refractivity contribution in [2.24, 2.45) is 0 Å². The first-order chi connectivity index (χ1) is 9.16. The third-order valence-corrected chi connectivity index (χ3v) is 2.45. The minimum Gasteiger partial charge on any atom is -0.478 e. The number of aromatic carboxylic acids is 1. The van der Waals surface area contributed by atoms with Gasteiger partial charge in [0.1, 0.15) is 11.5 Å². The fourth-order valence-corrected chi connectivity index (χ4v) is 1.47. The van der Waals surface area contributed by atoms with Gasteiger partial charge in [0.25, 0.3) is 5.91 Å². The van der Waals surface area contributed by atoms with Gasteiger partial charge in [-0.15, -0.1) is 0 Å². The van der Waals surface area contributed by atoms with E-state index < -0.39 is 5.97 Å². The molecule has 19 heavy (non-hydrogen) atoms. The molecule has 0 unspecified atom stereocenters. The Labute approximate surface area is 108 Å². The average molecular weight is 260 g/mol. The number of pyridine rings is 1. The molecule has 1 amide bonds. The van der Waals surface area contributed by atoms with Gasteiger partial charge in [-0.1, -0.05) is 0 Å². The van der Waals surface area contributed by atoms with E-state index in [-0.39, 0.29) is 17.2 Å². The molecule has 2 aromatic rings. The van der Waals surface area contributed by atoms with E-state index >= 15 is 0 Å². The number of nitrogens with zero attached hydrogens (tertiary/aromatic N) is 2. The highest BCUT2D eigenvalue weighted by Gasteiger charge is 2.09. The second kappa shape index (κ2) is 5.76. The van der Waals surface area contributed by atoms with Gasteiger partial charge < -0.3 is 15.4 Å². The van der Waals surface area contributed by atoms with Gasteiger partial charge in [-0.3, -0.25) is 9.78 Å². The van der Waals surface area contributed by atoms with Gasteiger partial charge in [0, 0.05) is 31.6 Å². The van der Waals surface area contributed by atoms with Crippen molar-refractivity contribution in [3.05, 3.63) is 47.8 Å². The maximum atomic E-state index is 11.7. The van der Waals surface area contributed by atoms with Gasteiger partial charge in [-0.05, 0) is 12.1 Å². The molecule has 0 bridgehead atoms. The summed E-state index contributed by atoms with van der Waals surface area (Å²) in [7, 11) is 0. The Hall–Kier alpha value is -2.70. The molecule has 2 rings (SSSR count). The standard InChI is InChI=1S/C12H12N4O3/c17-11(15-4-3-10-13-5-6-14-10)9-2-1-8(7-16-9)12(18)19/h1-2,5-7H,3-4H2,(H,13,14)(H,15,17)(H,18,19). The van der Waals surface area contributed by atoms with Crippen molar-refractivity contribution in [1.29, 1.82) is 0 Å². The second-order valence-corrected chi connectivity index (χ2v) is 3.78. The number of nitrogens with one attached hydrogen (secondary N) is 2. The van der Waals surface area contributed by atoms with Gasteiger partial charge in [0.05, 0.1) is 5.56 Å². The van der Waals surface area contributed by atoms with Crippen LogP contribution in [-0.2, 0) is 6.42 Å². The summed E-state index contributed by atoms with van der Waals surface area (Å²) in [4.78, 5) is 33.1. The quantitative estimate of drug-likeness (QED) is 0.724. The zero-order chi connectivity index (χ0) is 13.7. The number of aromatic nitrogens is 3. The first-order valence-electron chi connectivity index (χ1n) is 5.62. The third kappa shape index (κ3) is 3.38. The number of aromatic amines is 1. The SMILES string of the molecule is O=C(O)c1ccc(C(=O)NCCc2ncc[nH]2)nc1. The van der Waals surface area contributed by atoms with Crippen molar-refractivity contribution in [1.82, 2.24) is 20.3 Å². The molecule has 0 saturated heterocycles. The van der Waals surface area contributed by atoms with Crippen LogP contribution in [0.4, 0.5) is 0 Å². The zero-order valence-electron chi connectivity index (χ0n) is 9.96. The van der Waals surface area contributed by atoms with Gasteiger partial charge in [-0.25, -0.2) is 9.78 Å². The van der Waals surface area contributed by atoms with Gasteiger partial charge >= 0.3 is 5.97 Å². The van der Waals surface area contributed by atoms with Crippen LogP contribution in [0.2, 0.25) is 0 Å². The number of carbonyl (C=O) groups excluding carboxylic acids is 1. The van der Waals surface area contributed by atoms with E-state index in [4.69, 9.17) is 5.11 Å². The van der Waals surface area contributed by atoms with Gasteiger partial charge in [-0.2, -0.15) is 0 Å². The number of rotatable bonds is 5. The van der Waals surface area contributed by atoms with E-state index in [1.54, 1.807) is 12.4 Å². The van der Waals surface area contributed by atoms with E-state index in [1.165, 1.54) is 12.1 Å². The first-order valence-corrected chi connectivity index (χ1v) is 5.62. The minimum atomic E-state index is -1.07. The Morgan fingerprint density at radius 3 is 2.74 bits per heavy atom. The molecule has 0 atom stereocenters. The van der Waals surface area contributed by atoms with E-state index in [0.29, 0.717) is 13.0 Å². The summed E-state index contributed by atoms with van der Waals surface area (Å²) in [6, 6.07) is 2.72. The minimum absolute atomic E-state index is 0.0483. The first kappa shape index (κ1) is 12.7. The largest absolute Gasteiger partial charge is 0.478 e. The number of carboxylic acids is 1. The van der Waals surface area contributed by atoms with E-state index in [2.05, 4.69) is 20.3 Å². The molecule has 0 spiro atoms. The lowest BCUT2D eigenvalue weighted by Crippen LogP contribution is -2.26. The number of hydrogen-bond acceptors (Lipinski definition) is 4. The van der Waals surface area contributed by atoms with Crippen molar-refractivity contribution in [2.45, 2.75) is 6.42 Å². The molecular weight excluding hydrogens is 248 g/mol. The van der Waals surface area contributed by atoms with Crippen molar-refractivity contribution in [2.75, 3.05) is 6.54 Å². The number of carbonyl (C=O) groups is 2. The number of hydrogen-bond donors (Lipinski definition) is 3. The Balaban J connectivity index is 1.87. The molecule has 98 valence electrons. The smallest absolute Gasteiger partial charge is 0.337 e. The third-order valence-electron chi connectivity index (χ3n) is 2.45. The molecule has 2 heterocycles. The summed E-state index contributed by atoms with van der Waals surface area (Å²) >= 11 is 0. The van der Waals surface area contributed by atoms with Crippen LogP contribution in [0.25, 0.3) is 0 Å². The van der Waals surface area contributed by atoms with Crippen LogP contribution >= 0.6 is 0 Å². The van der Waals surface area contributed by atoms with E-state index in [1.807, 2.05) is 0 Å². The molecule has 0 radical (unpaired) electrons. The predicted octanol–water partition coefficient (Wildman–Crippen LogP) is 0.475. The van der Waals surface area contributed by atoms with E-state index in [0.717, 1.165) is 12.0 Å². The summed E-state index contributed by atoms with van der Waals surface area (Å²) in [6.07, 6.45) is 5.10. The molecule has 7 heteroatoms. The van der Waals surface area contributed by atoms with Gasteiger partial charge in [0.2, 0.25) is 0 Å². The summed E-state index contributed by atoms with van der Waals surface area (Å²) in [5, 5.41) is 11.4. The highest BCUT2D eigenvalue weighted by atomic mass is 16.4. The van der Waals surface area contributed by atoms with Crippen molar-refractivity contribution in [3.8, 4) is 0 Å². The highest BCUT2D eigenvalue weighted by Crippen LogP contribution is 2.00. The van der Waals surface area contributed by atoms with Crippen LogP contribution in [0.1, 0.15) is 26.7 Å². The molecule has 7 nitrogen and oxygen atoms in total. The summed E-state index contributed by atoms with van der Waals surface area (Å²) < 4.78 is 0. The fourth-order valence-electron chi connectivity index (χ4n) is 1.47. The monoisotopic (exact) mass is 260 g/mol. The molecule has 0 aliphatic rings. The molecule has 0 fully saturated rings. The number of amides is 1. The van der Waals surface area contributed by atoms with Crippen LogP contribution in [0, 0.1) is 0 Å². The Morgan fingerprint density at radius 1 is 1.32 bits per heavy atom. The molecule has 3 N–H and O–H groups in total.